The molecule has 12 heteroatoms. The van der Waals surface area contributed by atoms with E-state index in [1.54, 1.807) is 20.8 Å². The highest BCUT2D eigenvalue weighted by molar-refractivity contribution is 7.16. The number of halogens is 4. The zero-order chi connectivity index (χ0) is 23.6. The highest BCUT2D eigenvalue weighted by Crippen LogP contribution is 2.33. The molecule has 3 aromatic heterocycles. The van der Waals surface area contributed by atoms with Gasteiger partial charge in [-0.25, -0.2) is 22.4 Å². The quantitative estimate of drug-likeness (QED) is 0.345. The molecule has 3 aromatic rings. The van der Waals surface area contributed by atoms with Crippen LogP contribution < -0.4 is 5.32 Å². The van der Waals surface area contributed by atoms with Gasteiger partial charge in [-0.3, -0.25) is 9.48 Å². The molecule has 32 heavy (non-hydrogen) atoms. The van der Waals surface area contributed by atoms with E-state index >= 15 is 0 Å². The Balaban J connectivity index is 1.79. The molecule has 0 aromatic carbocycles. The molecule has 0 spiro atoms. The normalized spacial score (nSPS) is 11.4. The maximum absolute atomic E-state index is 13.1. The smallest absolute Gasteiger partial charge is 0.341 e. The fraction of sp³-hybridized carbons (Fsp3) is 0.350. The van der Waals surface area contributed by atoms with Gasteiger partial charge in [0.1, 0.15) is 22.1 Å². The highest BCUT2D eigenvalue weighted by Gasteiger charge is 2.25. The van der Waals surface area contributed by atoms with Gasteiger partial charge >= 0.3 is 5.97 Å². The van der Waals surface area contributed by atoms with Gasteiger partial charge in [-0.05, 0) is 44.5 Å². The van der Waals surface area contributed by atoms with Crippen LogP contribution in [0, 0.1) is 13.8 Å². The fourth-order valence-electron chi connectivity index (χ4n) is 2.92. The first-order valence-electron chi connectivity index (χ1n) is 9.43. The molecular formula is C20H19F4N3O4S. The van der Waals surface area contributed by atoms with Crippen molar-refractivity contribution in [2.24, 2.45) is 0 Å². The van der Waals surface area contributed by atoms with Crippen molar-refractivity contribution in [3.05, 3.63) is 57.1 Å². The second kappa shape index (κ2) is 9.55. The summed E-state index contributed by atoms with van der Waals surface area (Å²) >= 11 is 1.20. The maximum atomic E-state index is 13.1. The molecule has 172 valence electrons. The molecule has 0 saturated carbocycles. The number of hydrogen-bond acceptors (Lipinski definition) is 6. The Kier molecular flexibility index (Phi) is 7.02. The van der Waals surface area contributed by atoms with Gasteiger partial charge < -0.3 is 14.5 Å². The third kappa shape index (κ3) is 4.85. The molecule has 3 heterocycles. The first kappa shape index (κ1) is 23.5. The van der Waals surface area contributed by atoms with Crippen LogP contribution in [0.2, 0.25) is 0 Å². The summed E-state index contributed by atoms with van der Waals surface area (Å²) in [5, 5.41) is 6.37. The second-order valence-electron chi connectivity index (χ2n) is 6.68. The molecule has 0 aliphatic rings. The Morgan fingerprint density at radius 1 is 1.22 bits per heavy atom. The molecule has 3 rings (SSSR count). The first-order valence-corrected chi connectivity index (χ1v) is 10.2. The van der Waals surface area contributed by atoms with Crippen LogP contribution in [-0.2, 0) is 11.3 Å². The van der Waals surface area contributed by atoms with Crippen molar-refractivity contribution in [2.75, 3.05) is 11.9 Å². The summed E-state index contributed by atoms with van der Waals surface area (Å²) in [7, 11) is 0. The van der Waals surface area contributed by atoms with Gasteiger partial charge in [0, 0.05) is 4.88 Å². The third-order valence-electron chi connectivity index (χ3n) is 4.56. The Hall–Kier alpha value is -3.15. The van der Waals surface area contributed by atoms with Crippen molar-refractivity contribution in [3.8, 4) is 0 Å². The van der Waals surface area contributed by atoms with Crippen molar-refractivity contribution in [1.82, 2.24) is 9.78 Å². The van der Waals surface area contributed by atoms with Gasteiger partial charge in [0.05, 0.1) is 18.7 Å². The lowest BCUT2D eigenvalue weighted by Gasteiger charge is -2.06. The van der Waals surface area contributed by atoms with Gasteiger partial charge in [-0.2, -0.15) is 5.10 Å². The Bertz CT molecular complexity index is 1140. The molecule has 0 atom stereocenters. The number of nitrogens with one attached hydrogen (secondary N) is 1. The van der Waals surface area contributed by atoms with Crippen LogP contribution in [0.5, 0.6) is 0 Å². The number of aromatic nitrogens is 2. The minimum absolute atomic E-state index is 0.0603. The minimum atomic E-state index is -3.01. The highest BCUT2D eigenvalue weighted by atomic mass is 32.1. The average molecular weight is 473 g/mol. The summed E-state index contributed by atoms with van der Waals surface area (Å²) < 4.78 is 63.1. The number of aryl methyl sites for hydroxylation is 1. The number of carbonyl (C=O) groups is 2. The number of thiophene rings is 1. The van der Waals surface area contributed by atoms with E-state index < -0.39 is 36.1 Å². The van der Waals surface area contributed by atoms with E-state index in [1.807, 2.05) is 0 Å². The summed E-state index contributed by atoms with van der Waals surface area (Å²) in [5.74, 6) is -1.34. The lowest BCUT2D eigenvalue weighted by atomic mass is 10.1. The van der Waals surface area contributed by atoms with E-state index in [0.29, 0.717) is 16.3 Å². The number of esters is 1. The SMILES string of the molecule is CCOC(=O)c1c(NC(=O)c2ccc(Cn3nc(C(F)F)cc3C(F)F)o2)sc(C)c1C. The predicted molar refractivity (Wildman–Crippen MR) is 108 cm³/mol. The number of hydrogen-bond donors (Lipinski definition) is 1. The van der Waals surface area contributed by atoms with Gasteiger partial charge in [0.25, 0.3) is 18.8 Å². The van der Waals surface area contributed by atoms with Crippen LogP contribution in [0.25, 0.3) is 0 Å². The number of alkyl halides is 4. The molecule has 7 nitrogen and oxygen atoms in total. The van der Waals surface area contributed by atoms with Crippen LogP contribution in [0.15, 0.2) is 22.6 Å². The largest absolute Gasteiger partial charge is 0.462 e. The number of rotatable bonds is 8. The number of ether oxygens (including phenoxy) is 1. The lowest BCUT2D eigenvalue weighted by Crippen LogP contribution is -2.14. The summed E-state index contributed by atoms with van der Waals surface area (Å²) in [5.41, 5.74) is -0.546. The first-order chi connectivity index (χ1) is 15.1. The number of anilines is 1. The standard InChI is InChI=1S/C20H19F4N3O4S/c1-4-30-20(29)15-9(2)10(3)32-19(15)25-18(28)14-6-5-11(31-14)8-27-13(17(23)24)7-12(26-27)16(21)22/h5-7,16-17H,4,8H2,1-3H3,(H,25,28). The monoisotopic (exact) mass is 473 g/mol. The van der Waals surface area contributed by atoms with E-state index in [2.05, 4.69) is 10.4 Å². The van der Waals surface area contributed by atoms with Crippen LogP contribution in [0.1, 0.15) is 68.3 Å². The third-order valence-corrected chi connectivity index (χ3v) is 5.68. The molecule has 0 aliphatic heterocycles. The molecule has 0 unspecified atom stereocenters. The van der Waals surface area contributed by atoms with Crippen molar-refractivity contribution in [2.45, 2.75) is 40.2 Å². The van der Waals surface area contributed by atoms with Crippen molar-refractivity contribution in [1.29, 1.82) is 0 Å². The van der Waals surface area contributed by atoms with Gasteiger partial charge in [0.2, 0.25) is 0 Å². The Morgan fingerprint density at radius 3 is 2.56 bits per heavy atom. The van der Waals surface area contributed by atoms with Crippen molar-refractivity contribution in [3.63, 3.8) is 0 Å². The van der Waals surface area contributed by atoms with Gasteiger partial charge in [-0.1, -0.05) is 0 Å². The molecule has 0 aliphatic carbocycles. The molecular weight excluding hydrogens is 454 g/mol. The van der Waals surface area contributed by atoms with Crippen LogP contribution in [-0.4, -0.2) is 28.3 Å². The summed E-state index contributed by atoms with van der Waals surface area (Å²) in [6.07, 6.45) is -6.02. The zero-order valence-electron chi connectivity index (χ0n) is 17.2. The number of carbonyl (C=O) groups excluding carboxylic acids is 2. The van der Waals surface area contributed by atoms with Crippen LogP contribution >= 0.6 is 11.3 Å². The van der Waals surface area contributed by atoms with E-state index in [4.69, 9.17) is 9.15 Å². The zero-order valence-corrected chi connectivity index (χ0v) is 18.1. The topological polar surface area (TPSA) is 86.4 Å². The van der Waals surface area contributed by atoms with Crippen molar-refractivity contribution < 1.29 is 36.3 Å². The average Bonchev–Trinajstić information content (AvgIpc) is 3.41. The van der Waals surface area contributed by atoms with Gasteiger partial charge in [-0.15, -0.1) is 11.3 Å². The molecule has 0 saturated heterocycles. The number of amides is 1. The van der Waals surface area contributed by atoms with Gasteiger partial charge in [0.15, 0.2) is 5.76 Å². The summed E-state index contributed by atoms with van der Waals surface area (Å²) in [4.78, 5) is 25.7. The Morgan fingerprint density at radius 2 is 1.94 bits per heavy atom. The van der Waals surface area contributed by atoms with Crippen LogP contribution in [0.3, 0.4) is 0 Å². The number of furan rings is 1. The summed E-state index contributed by atoms with van der Waals surface area (Å²) in [6.45, 7) is 4.99. The Labute approximate surface area is 184 Å². The van der Waals surface area contributed by atoms with E-state index in [9.17, 15) is 27.2 Å². The van der Waals surface area contributed by atoms with E-state index in [0.717, 1.165) is 4.88 Å². The molecule has 1 amide bonds. The fourth-order valence-corrected chi connectivity index (χ4v) is 3.97. The van der Waals surface area contributed by atoms with E-state index in [1.165, 1.54) is 23.5 Å². The predicted octanol–water partition coefficient (Wildman–Crippen LogP) is 5.51. The lowest BCUT2D eigenvalue weighted by molar-refractivity contribution is 0.0527. The number of nitrogens with zero attached hydrogens (tertiary/aromatic N) is 2. The van der Waals surface area contributed by atoms with Crippen LogP contribution in [0.4, 0.5) is 22.6 Å². The van der Waals surface area contributed by atoms with Crippen molar-refractivity contribution >= 4 is 28.2 Å². The minimum Gasteiger partial charge on any atom is -0.462 e. The van der Waals surface area contributed by atoms with E-state index in [-0.39, 0.29) is 35.2 Å². The molecule has 0 fully saturated rings. The second-order valence-corrected chi connectivity index (χ2v) is 7.91. The summed E-state index contributed by atoms with van der Waals surface area (Å²) in [6, 6.07) is 3.29. The molecule has 0 radical (unpaired) electrons. The molecule has 1 N–H and O–H groups in total. The molecule has 0 bridgehead atoms. The maximum Gasteiger partial charge on any atom is 0.341 e.